The second-order valence-electron chi connectivity index (χ2n) is 7.50. The summed E-state index contributed by atoms with van der Waals surface area (Å²) in [6.45, 7) is 0.403. The van der Waals surface area contributed by atoms with E-state index in [-0.39, 0.29) is 18.5 Å². The first-order valence-corrected chi connectivity index (χ1v) is 11.6. The molecular weight excluding hydrogens is 436 g/mol. The second kappa shape index (κ2) is 9.05. The number of hydrogen-bond donors (Lipinski definition) is 1. The first-order chi connectivity index (χ1) is 15.1. The van der Waals surface area contributed by atoms with E-state index in [0.29, 0.717) is 11.4 Å². The molecule has 1 atom stereocenters. The van der Waals surface area contributed by atoms with Gasteiger partial charge in [0.25, 0.3) is 11.4 Å². The van der Waals surface area contributed by atoms with Crippen molar-refractivity contribution in [2.45, 2.75) is 24.6 Å². The normalized spacial score (nSPS) is 13.5. The van der Waals surface area contributed by atoms with E-state index in [9.17, 15) is 18.0 Å². The van der Waals surface area contributed by atoms with Crippen molar-refractivity contribution in [3.05, 3.63) is 59.1 Å². The van der Waals surface area contributed by atoms with Crippen LogP contribution >= 0.6 is 0 Å². The molecule has 10 nitrogen and oxygen atoms in total. The van der Waals surface area contributed by atoms with Gasteiger partial charge in [0.1, 0.15) is 17.6 Å². The number of Topliss-reactive ketones (excluding diaryl/α,β-unsaturated/α-hetero) is 1. The van der Waals surface area contributed by atoms with E-state index >= 15 is 0 Å². The lowest BCUT2D eigenvalue weighted by Gasteiger charge is -2.25. The van der Waals surface area contributed by atoms with E-state index in [1.54, 1.807) is 24.4 Å². The van der Waals surface area contributed by atoms with Crippen LogP contribution in [0.1, 0.15) is 13.3 Å². The van der Waals surface area contributed by atoms with Gasteiger partial charge in [0.2, 0.25) is 0 Å². The number of aliphatic hydroxyl groups is 1. The van der Waals surface area contributed by atoms with Crippen molar-refractivity contribution in [2.75, 3.05) is 20.0 Å². The van der Waals surface area contributed by atoms with E-state index in [1.165, 1.54) is 35.7 Å². The van der Waals surface area contributed by atoms with Crippen LogP contribution in [0.15, 0.2) is 53.6 Å². The van der Waals surface area contributed by atoms with E-state index < -0.39 is 27.0 Å². The molecule has 2 heterocycles. The Morgan fingerprint density at radius 1 is 1.19 bits per heavy atom. The smallest absolute Gasteiger partial charge is 0.253 e. The standard InChI is InChI=1S/C21H24N4O6S/c1-21(18(27)14-26,32(3,29)30)9-11-24-10-8-16(12-20(24)28)15-4-6-17(7-5-15)25-22-13-19(23-25)31-2/h4-8,10,12-13,26H,9,11,14H2,1-3H3/t21-/m1/s1. The van der Waals surface area contributed by atoms with E-state index in [2.05, 4.69) is 10.2 Å². The molecule has 32 heavy (non-hydrogen) atoms. The van der Waals surface area contributed by atoms with Crippen molar-refractivity contribution in [3.8, 4) is 22.7 Å². The molecule has 0 saturated carbocycles. The Kier molecular flexibility index (Phi) is 6.60. The average Bonchev–Trinajstić information content (AvgIpc) is 3.26. The summed E-state index contributed by atoms with van der Waals surface area (Å²) in [6, 6.07) is 10.4. The molecule has 0 aliphatic heterocycles. The summed E-state index contributed by atoms with van der Waals surface area (Å²) in [4.78, 5) is 26.0. The molecule has 0 bridgehead atoms. The van der Waals surface area contributed by atoms with Crippen LogP contribution in [0.25, 0.3) is 16.8 Å². The predicted octanol–water partition coefficient (Wildman–Crippen LogP) is 0.859. The first-order valence-electron chi connectivity index (χ1n) is 9.70. The van der Waals surface area contributed by atoms with Crippen molar-refractivity contribution in [1.29, 1.82) is 0 Å². The van der Waals surface area contributed by atoms with Gasteiger partial charge in [0.15, 0.2) is 15.6 Å². The Morgan fingerprint density at radius 3 is 2.41 bits per heavy atom. The Bertz CT molecular complexity index is 1280. The number of benzene rings is 1. The van der Waals surface area contributed by atoms with Crippen LogP contribution < -0.4 is 10.3 Å². The highest BCUT2D eigenvalue weighted by molar-refractivity contribution is 7.92. The van der Waals surface area contributed by atoms with Crippen LogP contribution in [0.5, 0.6) is 5.88 Å². The zero-order chi connectivity index (χ0) is 23.5. The zero-order valence-electron chi connectivity index (χ0n) is 17.9. The number of carbonyl (C=O) groups is 1. The van der Waals surface area contributed by atoms with E-state index in [0.717, 1.165) is 17.5 Å². The number of pyridine rings is 1. The molecule has 1 N–H and O–H groups in total. The Labute approximate surface area is 185 Å². The maximum absolute atomic E-state index is 12.6. The number of nitrogens with zero attached hydrogens (tertiary/aromatic N) is 4. The number of hydrogen-bond acceptors (Lipinski definition) is 8. The number of ketones is 1. The molecule has 0 amide bonds. The van der Waals surface area contributed by atoms with Gasteiger partial charge in [-0.2, -0.15) is 5.10 Å². The SMILES string of the molecule is COc1cnn(-c2ccc(-c3ccn(CC[C@](C)(C(=O)CO)S(C)(=O)=O)c(=O)c3)cc2)n1. The molecule has 0 aliphatic rings. The van der Waals surface area contributed by atoms with Gasteiger partial charge >= 0.3 is 0 Å². The average molecular weight is 461 g/mol. The van der Waals surface area contributed by atoms with Crippen LogP contribution in [-0.2, 0) is 21.2 Å². The highest BCUT2D eigenvalue weighted by Crippen LogP contribution is 2.24. The summed E-state index contributed by atoms with van der Waals surface area (Å²) in [5.41, 5.74) is 1.87. The molecule has 0 aliphatic carbocycles. The lowest BCUT2D eigenvalue weighted by Crippen LogP contribution is -2.46. The van der Waals surface area contributed by atoms with Crippen LogP contribution in [0, 0.1) is 0 Å². The topological polar surface area (TPSA) is 133 Å². The highest BCUT2D eigenvalue weighted by Gasteiger charge is 2.42. The summed E-state index contributed by atoms with van der Waals surface area (Å²) in [7, 11) is -2.28. The van der Waals surface area contributed by atoms with Gasteiger partial charge in [0.05, 0.1) is 12.8 Å². The summed E-state index contributed by atoms with van der Waals surface area (Å²) in [5.74, 6) is -0.403. The van der Waals surface area contributed by atoms with Crippen LogP contribution in [0.3, 0.4) is 0 Å². The molecule has 3 rings (SSSR count). The zero-order valence-corrected chi connectivity index (χ0v) is 18.7. The minimum absolute atomic E-state index is 0.0140. The van der Waals surface area contributed by atoms with Crippen molar-refractivity contribution < 1.29 is 23.1 Å². The van der Waals surface area contributed by atoms with Gasteiger partial charge in [-0.15, -0.1) is 9.90 Å². The number of aryl methyl sites for hydroxylation is 1. The van der Waals surface area contributed by atoms with Crippen molar-refractivity contribution in [2.24, 2.45) is 0 Å². The third-order valence-electron chi connectivity index (χ3n) is 5.49. The molecule has 0 fully saturated rings. The number of aromatic nitrogens is 4. The number of rotatable bonds is 9. The Balaban J connectivity index is 1.79. The highest BCUT2D eigenvalue weighted by atomic mass is 32.2. The molecule has 2 aromatic heterocycles. The maximum atomic E-state index is 12.6. The van der Waals surface area contributed by atoms with Crippen molar-refractivity contribution in [3.63, 3.8) is 0 Å². The van der Waals surface area contributed by atoms with Crippen LogP contribution in [0.2, 0.25) is 0 Å². The Morgan fingerprint density at radius 2 is 1.88 bits per heavy atom. The molecular formula is C21H24N4O6S. The fraction of sp³-hybridized carbons (Fsp3) is 0.333. The first kappa shape index (κ1) is 23.4. The molecule has 0 radical (unpaired) electrons. The third-order valence-corrected chi connectivity index (χ3v) is 7.56. The number of carbonyl (C=O) groups excluding carboxylic acids is 1. The third kappa shape index (κ3) is 4.63. The largest absolute Gasteiger partial charge is 0.479 e. The molecule has 0 saturated heterocycles. The van der Waals surface area contributed by atoms with Gasteiger partial charge in [0, 0.05) is 25.1 Å². The maximum Gasteiger partial charge on any atom is 0.253 e. The van der Waals surface area contributed by atoms with E-state index in [4.69, 9.17) is 9.84 Å². The fourth-order valence-electron chi connectivity index (χ4n) is 3.16. The lowest BCUT2D eigenvalue weighted by molar-refractivity contribution is -0.124. The number of aliphatic hydroxyl groups excluding tert-OH is 1. The minimum Gasteiger partial charge on any atom is -0.479 e. The molecule has 3 aromatic rings. The fourth-order valence-corrected chi connectivity index (χ4v) is 4.10. The monoisotopic (exact) mass is 460 g/mol. The summed E-state index contributed by atoms with van der Waals surface area (Å²) < 4.78 is 28.8. The van der Waals surface area contributed by atoms with Crippen molar-refractivity contribution in [1.82, 2.24) is 19.6 Å². The minimum atomic E-state index is -3.78. The number of methoxy groups -OCH3 is 1. The van der Waals surface area contributed by atoms with E-state index in [1.807, 2.05) is 12.1 Å². The van der Waals surface area contributed by atoms with Crippen molar-refractivity contribution >= 4 is 15.6 Å². The Hall–Kier alpha value is -3.31. The van der Waals surface area contributed by atoms with Crippen LogP contribution in [-0.4, -0.2) is 63.6 Å². The summed E-state index contributed by atoms with van der Waals surface area (Å²) >= 11 is 0. The molecule has 11 heteroatoms. The summed E-state index contributed by atoms with van der Waals surface area (Å²) in [5, 5.41) is 17.4. The predicted molar refractivity (Wildman–Crippen MR) is 118 cm³/mol. The van der Waals surface area contributed by atoms with Crippen LogP contribution in [0.4, 0.5) is 0 Å². The second-order valence-corrected chi connectivity index (χ2v) is 9.95. The van der Waals surface area contributed by atoms with Gasteiger partial charge in [-0.1, -0.05) is 12.1 Å². The van der Waals surface area contributed by atoms with Gasteiger partial charge in [-0.25, -0.2) is 8.42 Å². The molecule has 170 valence electrons. The lowest BCUT2D eigenvalue weighted by atomic mass is 10.0. The molecule has 0 spiro atoms. The quantitative estimate of drug-likeness (QED) is 0.497. The summed E-state index contributed by atoms with van der Waals surface area (Å²) in [6.07, 6.45) is 3.87. The number of sulfone groups is 1. The molecule has 0 unspecified atom stereocenters. The molecule has 1 aromatic carbocycles. The van der Waals surface area contributed by atoms with Gasteiger partial charge < -0.3 is 14.4 Å². The van der Waals surface area contributed by atoms with Gasteiger partial charge in [-0.3, -0.25) is 9.59 Å². The number of ether oxygens (including phenoxy) is 1. The van der Waals surface area contributed by atoms with Gasteiger partial charge in [-0.05, 0) is 42.7 Å².